The SMILES string of the molecule is N/C(=C/C(=N/N=C(/C=C(/N)c1ccccc1)c1ccc(Cl)cc1)c1ccc(Cl)cc1)c1ccccc1. The van der Waals surface area contributed by atoms with Gasteiger partial charge >= 0.3 is 0 Å². The number of nitrogens with zero attached hydrogens (tertiary/aromatic N) is 2. The lowest BCUT2D eigenvalue weighted by molar-refractivity contribution is 1.23. The number of nitrogens with two attached hydrogens (primary N) is 2. The summed E-state index contributed by atoms with van der Waals surface area (Å²) in [4.78, 5) is 0. The van der Waals surface area contributed by atoms with E-state index in [1.807, 2.05) is 84.9 Å². The molecule has 0 fully saturated rings. The lowest BCUT2D eigenvalue weighted by Crippen LogP contribution is -2.06. The van der Waals surface area contributed by atoms with Gasteiger partial charge in [-0.15, -0.1) is 10.2 Å². The molecule has 0 bridgehead atoms. The Kier molecular flexibility index (Phi) is 8.35. The zero-order chi connectivity index (χ0) is 25.3. The fraction of sp³-hybridized carbons (Fsp3) is 0. The molecule has 0 aromatic heterocycles. The van der Waals surface area contributed by atoms with E-state index in [4.69, 9.17) is 34.7 Å². The summed E-state index contributed by atoms with van der Waals surface area (Å²) in [7, 11) is 0. The number of halogens is 2. The van der Waals surface area contributed by atoms with Crippen LogP contribution in [-0.2, 0) is 0 Å². The first-order chi connectivity index (χ1) is 17.5. The fourth-order valence-electron chi connectivity index (χ4n) is 3.41. The first-order valence-electron chi connectivity index (χ1n) is 11.2. The van der Waals surface area contributed by atoms with Crippen molar-refractivity contribution in [3.63, 3.8) is 0 Å². The predicted octanol–water partition coefficient (Wildman–Crippen LogP) is 7.19. The summed E-state index contributed by atoms with van der Waals surface area (Å²) in [5, 5.41) is 10.5. The highest BCUT2D eigenvalue weighted by Crippen LogP contribution is 2.17. The van der Waals surface area contributed by atoms with Crippen molar-refractivity contribution in [2.75, 3.05) is 0 Å². The van der Waals surface area contributed by atoms with Crippen LogP contribution in [0.1, 0.15) is 22.3 Å². The predicted molar refractivity (Wildman–Crippen MR) is 153 cm³/mol. The van der Waals surface area contributed by atoms with Gasteiger partial charge in [0.25, 0.3) is 0 Å². The van der Waals surface area contributed by atoms with Crippen LogP contribution in [0.3, 0.4) is 0 Å². The molecule has 0 atom stereocenters. The third-order valence-corrected chi connectivity index (χ3v) is 5.85. The molecule has 4 aromatic carbocycles. The zero-order valence-electron chi connectivity index (χ0n) is 19.4. The van der Waals surface area contributed by atoms with Crippen molar-refractivity contribution in [3.8, 4) is 0 Å². The molecule has 0 amide bonds. The molecule has 6 heteroatoms. The zero-order valence-corrected chi connectivity index (χ0v) is 20.9. The molecule has 4 aromatic rings. The van der Waals surface area contributed by atoms with Crippen LogP contribution in [0.15, 0.2) is 132 Å². The fourth-order valence-corrected chi connectivity index (χ4v) is 3.66. The second kappa shape index (κ2) is 12.0. The van der Waals surface area contributed by atoms with Gasteiger partial charge in [-0.3, -0.25) is 0 Å². The minimum atomic E-state index is 0.562. The summed E-state index contributed by atoms with van der Waals surface area (Å²) in [6.07, 6.45) is 3.59. The van der Waals surface area contributed by atoms with Crippen molar-refractivity contribution in [1.82, 2.24) is 0 Å². The number of hydrogen-bond donors (Lipinski definition) is 2. The van der Waals surface area contributed by atoms with Crippen molar-refractivity contribution in [3.05, 3.63) is 154 Å². The van der Waals surface area contributed by atoms with Crippen LogP contribution in [0.2, 0.25) is 10.0 Å². The van der Waals surface area contributed by atoms with Gasteiger partial charge in [-0.1, -0.05) is 108 Å². The van der Waals surface area contributed by atoms with Crippen molar-refractivity contribution in [2.24, 2.45) is 21.7 Å². The van der Waals surface area contributed by atoms with E-state index in [1.165, 1.54) is 0 Å². The maximum Gasteiger partial charge on any atom is 0.0950 e. The highest BCUT2D eigenvalue weighted by molar-refractivity contribution is 6.31. The van der Waals surface area contributed by atoms with E-state index < -0.39 is 0 Å². The monoisotopic (exact) mass is 510 g/mol. The lowest BCUT2D eigenvalue weighted by atomic mass is 10.1. The molecule has 178 valence electrons. The largest absolute Gasteiger partial charge is 0.398 e. The van der Waals surface area contributed by atoms with Crippen molar-refractivity contribution < 1.29 is 0 Å². The number of benzene rings is 4. The Bertz CT molecular complexity index is 1310. The molecular weight excluding hydrogens is 487 g/mol. The average molecular weight is 511 g/mol. The Labute approximate surface area is 220 Å². The van der Waals surface area contributed by atoms with E-state index in [9.17, 15) is 0 Å². The molecule has 0 aliphatic carbocycles. The average Bonchev–Trinajstić information content (AvgIpc) is 2.92. The number of hydrogen-bond acceptors (Lipinski definition) is 4. The second-order valence-electron chi connectivity index (χ2n) is 7.92. The Balaban J connectivity index is 1.83. The first kappa shape index (κ1) is 25.0. The van der Waals surface area contributed by atoms with Gasteiger partial charge < -0.3 is 11.5 Å². The van der Waals surface area contributed by atoms with Gasteiger partial charge in [0.15, 0.2) is 0 Å². The molecule has 4 N–H and O–H groups in total. The van der Waals surface area contributed by atoms with Crippen LogP contribution >= 0.6 is 23.2 Å². The standard InChI is InChI=1S/C30H24Cl2N4/c31-25-15-11-23(12-16-25)29(19-27(33)21-7-3-1-4-8-21)35-36-30(24-13-17-26(32)18-14-24)20-28(34)22-9-5-2-6-10-22/h1-20H,33-34H2/b27-19+,28-20+,35-29-,36-30-. The van der Waals surface area contributed by atoms with Crippen LogP contribution in [0.25, 0.3) is 11.4 Å². The van der Waals surface area contributed by atoms with E-state index in [1.54, 1.807) is 36.4 Å². The van der Waals surface area contributed by atoms with Crippen molar-refractivity contribution in [2.45, 2.75) is 0 Å². The summed E-state index contributed by atoms with van der Waals surface area (Å²) >= 11 is 12.2. The Morgan fingerprint density at radius 1 is 0.472 bits per heavy atom. The molecule has 0 spiro atoms. The van der Waals surface area contributed by atoms with Gasteiger partial charge in [0.05, 0.1) is 11.4 Å². The highest BCUT2D eigenvalue weighted by atomic mass is 35.5. The minimum Gasteiger partial charge on any atom is -0.398 e. The Morgan fingerprint density at radius 2 is 0.806 bits per heavy atom. The number of allylic oxidation sites excluding steroid dienone is 2. The minimum absolute atomic E-state index is 0.562. The molecule has 0 unspecified atom stereocenters. The Hall–Kier alpha value is -4.12. The van der Waals surface area contributed by atoms with Crippen LogP contribution < -0.4 is 11.5 Å². The second-order valence-corrected chi connectivity index (χ2v) is 8.79. The summed E-state index contributed by atoms with van der Waals surface area (Å²) < 4.78 is 0. The maximum atomic E-state index is 6.41. The normalized spacial score (nSPS) is 13.1. The molecule has 0 radical (unpaired) electrons. The third-order valence-electron chi connectivity index (χ3n) is 5.34. The van der Waals surface area contributed by atoms with Crippen molar-refractivity contribution in [1.29, 1.82) is 0 Å². The maximum absolute atomic E-state index is 6.41. The van der Waals surface area contributed by atoms with Gasteiger partial charge in [-0.2, -0.15) is 0 Å². The summed E-state index contributed by atoms with van der Waals surface area (Å²) in [6, 6.07) is 34.1. The van der Waals surface area contributed by atoms with Gasteiger partial charge in [0.2, 0.25) is 0 Å². The van der Waals surface area contributed by atoms with Crippen LogP contribution in [0.5, 0.6) is 0 Å². The van der Waals surface area contributed by atoms with Gasteiger partial charge in [-0.05, 0) is 47.5 Å². The number of rotatable bonds is 7. The molecule has 4 nitrogen and oxygen atoms in total. The van der Waals surface area contributed by atoms with Crippen LogP contribution in [0, 0.1) is 0 Å². The highest BCUT2D eigenvalue weighted by Gasteiger charge is 2.07. The van der Waals surface area contributed by atoms with Crippen LogP contribution in [-0.4, -0.2) is 11.4 Å². The lowest BCUT2D eigenvalue weighted by Gasteiger charge is -2.07. The quantitative estimate of drug-likeness (QED) is 0.204. The first-order valence-corrected chi connectivity index (χ1v) is 12.0. The van der Waals surface area contributed by atoms with E-state index in [-0.39, 0.29) is 0 Å². The van der Waals surface area contributed by atoms with E-state index in [0.717, 1.165) is 22.3 Å². The van der Waals surface area contributed by atoms with E-state index >= 15 is 0 Å². The van der Waals surface area contributed by atoms with Gasteiger partial charge in [0, 0.05) is 32.6 Å². The van der Waals surface area contributed by atoms with Gasteiger partial charge in [-0.25, -0.2) is 0 Å². The molecule has 36 heavy (non-hydrogen) atoms. The smallest absolute Gasteiger partial charge is 0.0950 e. The molecule has 0 saturated carbocycles. The molecular formula is C30H24Cl2N4. The van der Waals surface area contributed by atoms with Crippen molar-refractivity contribution >= 4 is 46.0 Å². The van der Waals surface area contributed by atoms with E-state index in [0.29, 0.717) is 32.9 Å². The summed E-state index contributed by atoms with van der Waals surface area (Å²) in [6.45, 7) is 0. The van der Waals surface area contributed by atoms with Gasteiger partial charge in [0.1, 0.15) is 0 Å². The van der Waals surface area contributed by atoms with E-state index in [2.05, 4.69) is 10.2 Å². The molecule has 0 aliphatic rings. The molecule has 0 heterocycles. The van der Waals surface area contributed by atoms with Crippen LogP contribution in [0.4, 0.5) is 0 Å². The summed E-state index contributed by atoms with van der Waals surface area (Å²) in [5.74, 6) is 0. The Morgan fingerprint density at radius 3 is 1.14 bits per heavy atom. The molecule has 4 rings (SSSR count). The third kappa shape index (κ3) is 6.72. The topological polar surface area (TPSA) is 76.8 Å². The molecule has 0 saturated heterocycles. The molecule has 0 aliphatic heterocycles. The summed E-state index contributed by atoms with van der Waals surface area (Å²) in [5.41, 5.74) is 18.5.